The van der Waals surface area contributed by atoms with E-state index in [0.29, 0.717) is 19.3 Å². The van der Waals surface area contributed by atoms with Crippen LogP contribution in [0.5, 0.6) is 0 Å². The minimum absolute atomic E-state index is 0.0668. The van der Waals surface area contributed by atoms with Gasteiger partial charge in [-0.25, -0.2) is 0 Å². The van der Waals surface area contributed by atoms with E-state index in [1.807, 2.05) is 0 Å². The van der Waals surface area contributed by atoms with Crippen molar-refractivity contribution < 1.29 is 28.6 Å². The minimum atomic E-state index is -0.768. The van der Waals surface area contributed by atoms with E-state index in [2.05, 4.69) is 45.1 Å². The van der Waals surface area contributed by atoms with Gasteiger partial charge in [-0.3, -0.25) is 14.4 Å². The Morgan fingerprint density at radius 3 is 0.633 bits per heavy atom. The molecule has 0 rings (SSSR count). The Bertz CT molecular complexity index is 1270. The number of unbranched alkanes of at least 4 members (excludes halogenated alkanes) is 52. The molecule has 1 atom stereocenters. The molecular weight excluding hydrogens is 973 g/mol. The van der Waals surface area contributed by atoms with Gasteiger partial charge in [0.15, 0.2) is 6.10 Å². The van der Waals surface area contributed by atoms with Crippen LogP contribution in [0.3, 0.4) is 0 Å². The van der Waals surface area contributed by atoms with E-state index >= 15 is 0 Å². The third-order valence-electron chi connectivity index (χ3n) is 16.4. The van der Waals surface area contributed by atoms with Crippen LogP contribution in [-0.4, -0.2) is 37.2 Å². The molecule has 0 aliphatic heterocycles. The van der Waals surface area contributed by atoms with Crippen molar-refractivity contribution in [3.05, 3.63) is 24.3 Å². The molecule has 0 fully saturated rings. The average molecular weight is 1110 g/mol. The molecule has 0 saturated carbocycles. The van der Waals surface area contributed by atoms with Gasteiger partial charge in [0.25, 0.3) is 0 Å². The van der Waals surface area contributed by atoms with Crippen LogP contribution in [0.1, 0.15) is 406 Å². The first-order chi connectivity index (χ1) is 39.0. The summed E-state index contributed by atoms with van der Waals surface area (Å²) in [6.45, 7) is 6.68. The Balaban J connectivity index is 3.97. The summed E-state index contributed by atoms with van der Waals surface area (Å²) in [4.78, 5) is 38.2. The van der Waals surface area contributed by atoms with Crippen LogP contribution in [0.2, 0.25) is 0 Å². The van der Waals surface area contributed by atoms with Gasteiger partial charge in [0.2, 0.25) is 0 Å². The molecule has 0 saturated heterocycles. The normalized spacial score (nSPS) is 12.1. The smallest absolute Gasteiger partial charge is 0.306 e. The van der Waals surface area contributed by atoms with Crippen LogP contribution < -0.4 is 0 Å². The summed E-state index contributed by atoms with van der Waals surface area (Å²) in [5.74, 6) is -0.847. The Labute approximate surface area is 493 Å². The van der Waals surface area contributed by atoms with Crippen LogP contribution in [0.25, 0.3) is 0 Å². The van der Waals surface area contributed by atoms with Crippen LogP contribution in [-0.2, 0) is 28.6 Å². The second-order valence-corrected chi connectivity index (χ2v) is 24.5. The Morgan fingerprint density at radius 2 is 0.418 bits per heavy atom. The molecule has 466 valence electrons. The standard InChI is InChI=1S/C73H138O6/c1-4-7-10-13-16-19-21-23-25-27-28-29-30-31-32-33-34-35-36-37-38-39-40-41-42-43-44-46-47-49-51-54-57-60-63-66-72(75)78-69-70(68-77-71(74)65-62-59-56-53-18-15-12-9-6-3)79-73(76)67-64-61-58-55-52-50-48-45-26-24-22-20-17-14-11-8-5-2/h24,26-28,70H,4-23,25,29-69H2,1-3H3/b26-24-,28-27-. The number of carbonyl (C=O) groups excluding carboxylic acids is 3. The third-order valence-corrected chi connectivity index (χ3v) is 16.4. The lowest BCUT2D eigenvalue weighted by Crippen LogP contribution is -2.30. The summed E-state index contributed by atoms with van der Waals surface area (Å²) >= 11 is 0. The summed E-state index contributed by atoms with van der Waals surface area (Å²) in [6, 6.07) is 0. The molecule has 0 aliphatic rings. The maximum absolute atomic E-state index is 12.9. The number of rotatable bonds is 67. The number of hydrogen-bond donors (Lipinski definition) is 0. The highest BCUT2D eigenvalue weighted by molar-refractivity contribution is 5.71. The van der Waals surface area contributed by atoms with E-state index in [9.17, 15) is 14.4 Å². The van der Waals surface area contributed by atoms with Crippen LogP contribution >= 0.6 is 0 Å². The van der Waals surface area contributed by atoms with Gasteiger partial charge in [-0.05, 0) is 70.6 Å². The molecule has 0 aromatic heterocycles. The molecule has 6 heteroatoms. The predicted octanol–water partition coefficient (Wildman–Crippen LogP) is 24.6. The van der Waals surface area contributed by atoms with E-state index < -0.39 is 6.10 Å². The van der Waals surface area contributed by atoms with Crippen molar-refractivity contribution >= 4 is 17.9 Å². The highest BCUT2D eigenvalue weighted by Crippen LogP contribution is 2.19. The van der Waals surface area contributed by atoms with E-state index in [-0.39, 0.29) is 31.1 Å². The van der Waals surface area contributed by atoms with Gasteiger partial charge < -0.3 is 14.2 Å². The van der Waals surface area contributed by atoms with Gasteiger partial charge in [0, 0.05) is 19.3 Å². The van der Waals surface area contributed by atoms with E-state index in [4.69, 9.17) is 14.2 Å². The summed E-state index contributed by atoms with van der Waals surface area (Å²) in [5.41, 5.74) is 0. The van der Waals surface area contributed by atoms with Crippen molar-refractivity contribution in [2.75, 3.05) is 13.2 Å². The molecule has 0 radical (unpaired) electrons. The number of carbonyl (C=O) groups is 3. The molecule has 0 aliphatic carbocycles. The first-order valence-electron chi connectivity index (χ1n) is 35.8. The van der Waals surface area contributed by atoms with Crippen LogP contribution in [0.4, 0.5) is 0 Å². The Hall–Kier alpha value is -2.11. The summed E-state index contributed by atoms with van der Waals surface area (Å²) in [7, 11) is 0. The lowest BCUT2D eigenvalue weighted by Gasteiger charge is -2.18. The largest absolute Gasteiger partial charge is 0.462 e. The summed E-state index contributed by atoms with van der Waals surface area (Å²) < 4.78 is 16.9. The first-order valence-corrected chi connectivity index (χ1v) is 35.8. The fourth-order valence-corrected chi connectivity index (χ4v) is 11.0. The molecule has 0 bridgehead atoms. The van der Waals surface area contributed by atoms with Crippen molar-refractivity contribution in [3.8, 4) is 0 Å². The Kier molecular flexibility index (Phi) is 66.6. The zero-order valence-corrected chi connectivity index (χ0v) is 53.7. The summed E-state index contributed by atoms with van der Waals surface area (Å²) in [5, 5.41) is 0. The van der Waals surface area contributed by atoms with Crippen LogP contribution in [0, 0.1) is 0 Å². The molecule has 0 N–H and O–H groups in total. The third kappa shape index (κ3) is 66.6. The molecule has 6 nitrogen and oxygen atoms in total. The highest BCUT2D eigenvalue weighted by Gasteiger charge is 2.19. The maximum atomic E-state index is 12.9. The number of allylic oxidation sites excluding steroid dienone is 4. The van der Waals surface area contributed by atoms with Crippen LogP contribution in [0.15, 0.2) is 24.3 Å². The quantitative estimate of drug-likeness (QED) is 0.0261. The van der Waals surface area contributed by atoms with E-state index in [1.54, 1.807) is 0 Å². The van der Waals surface area contributed by atoms with Gasteiger partial charge in [0.05, 0.1) is 0 Å². The number of esters is 3. The summed E-state index contributed by atoms with van der Waals surface area (Å²) in [6.07, 6.45) is 83.9. The van der Waals surface area contributed by atoms with E-state index in [1.165, 1.54) is 308 Å². The molecular formula is C73H138O6. The molecule has 1 unspecified atom stereocenters. The minimum Gasteiger partial charge on any atom is -0.462 e. The fourth-order valence-electron chi connectivity index (χ4n) is 11.0. The lowest BCUT2D eigenvalue weighted by atomic mass is 10.0. The molecule has 0 aromatic rings. The van der Waals surface area contributed by atoms with Gasteiger partial charge >= 0.3 is 17.9 Å². The lowest BCUT2D eigenvalue weighted by molar-refractivity contribution is -0.167. The van der Waals surface area contributed by atoms with Gasteiger partial charge in [-0.2, -0.15) is 0 Å². The number of ether oxygens (including phenoxy) is 3. The topological polar surface area (TPSA) is 78.9 Å². The van der Waals surface area contributed by atoms with Crippen molar-refractivity contribution in [1.29, 1.82) is 0 Å². The van der Waals surface area contributed by atoms with Crippen molar-refractivity contribution in [1.82, 2.24) is 0 Å². The zero-order chi connectivity index (χ0) is 57.1. The molecule has 0 heterocycles. The second kappa shape index (κ2) is 68.4. The highest BCUT2D eigenvalue weighted by atomic mass is 16.6. The fraction of sp³-hybridized carbons (Fsp3) is 0.904. The molecule has 0 amide bonds. The molecule has 0 spiro atoms. The maximum Gasteiger partial charge on any atom is 0.306 e. The second-order valence-electron chi connectivity index (χ2n) is 24.5. The van der Waals surface area contributed by atoms with Crippen molar-refractivity contribution in [3.63, 3.8) is 0 Å². The first kappa shape index (κ1) is 76.9. The Morgan fingerprint density at radius 1 is 0.241 bits per heavy atom. The van der Waals surface area contributed by atoms with Gasteiger partial charge in [-0.15, -0.1) is 0 Å². The van der Waals surface area contributed by atoms with Crippen molar-refractivity contribution in [2.24, 2.45) is 0 Å². The molecule has 79 heavy (non-hydrogen) atoms. The predicted molar refractivity (Wildman–Crippen MR) is 344 cm³/mol. The van der Waals surface area contributed by atoms with Crippen molar-refractivity contribution in [2.45, 2.75) is 412 Å². The molecule has 0 aromatic carbocycles. The monoisotopic (exact) mass is 1110 g/mol. The average Bonchev–Trinajstić information content (AvgIpc) is 3.45. The van der Waals surface area contributed by atoms with Gasteiger partial charge in [0.1, 0.15) is 13.2 Å². The van der Waals surface area contributed by atoms with E-state index in [0.717, 1.165) is 57.8 Å². The number of hydrogen-bond acceptors (Lipinski definition) is 6. The van der Waals surface area contributed by atoms with Gasteiger partial charge in [-0.1, -0.05) is 340 Å². The SMILES string of the molecule is CCCCCCCC/C=C\CCCCCCCCCC(=O)OC(COC(=O)CCCCCCCCCCC)COC(=O)CCCCCCCCCCCCCCCCCCCCCCCCC/C=C\CCCCCCCCCC. The zero-order valence-electron chi connectivity index (χ0n) is 53.7.